The Morgan fingerprint density at radius 1 is 1.23 bits per heavy atom. The van der Waals surface area contributed by atoms with E-state index in [0.717, 1.165) is 8.68 Å². The summed E-state index contributed by atoms with van der Waals surface area (Å²) in [4.78, 5) is 1.20. The Hall–Kier alpha value is -0.390. The molecular weight excluding hydrogens is 268 g/mol. The zero-order chi connectivity index (χ0) is 9.10. The molecule has 0 N–H and O–H groups in total. The van der Waals surface area contributed by atoms with Crippen LogP contribution in [0.5, 0.6) is 0 Å². The zero-order valence-electron chi connectivity index (χ0n) is 6.48. The molecule has 66 valence electrons. The first-order valence-corrected chi connectivity index (χ1v) is 5.94. The van der Waals surface area contributed by atoms with E-state index in [1.165, 1.54) is 16.4 Å². The Morgan fingerprint density at radius 2 is 2.00 bits per heavy atom. The van der Waals surface area contributed by atoms with Crippen molar-refractivity contribution in [3.63, 3.8) is 0 Å². The number of benzene rings is 1. The average Bonchev–Trinajstić information content (AvgIpc) is 2.62. The van der Waals surface area contributed by atoms with Crippen molar-refractivity contribution in [2.75, 3.05) is 0 Å². The molecule has 0 unspecified atom stereocenters. The van der Waals surface area contributed by atoms with Crippen molar-refractivity contribution in [2.24, 2.45) is 0 Å². The van der Waals surface area contributed by atoms with Crippen molar-refractivity contribution in [3.05, 3.63) is 34.9 Å². The fourth-order valence-corrected chi connectivity index (χ4v) is 2.50. The first-order chi connectivity index (χ1) is 6.34. The minimum atomic E-state index is 1.10. The number of hydrogen-bond acceptors (Lipinski definition) is 4. The van der Waals surface area contributed by atoms with E-state index in [-0.39, 0.29) is 0 Å². The van der Waals surface area contributed by atoms with Gasteiger partial charge in [0.15, 0.2) is 0 Å². The van der Waals surface area contributed by atoms with Gasteiger partial charge in [-0.2, -0.15) is 0 Å². The first-order valence-electron chi connectivity index (χ1n) is 3.55. The predicted octanol–water partition coefficient (Wildman–Crippen LogP) is 3.45. The van der Waals surface area contributed by atoms with E-state index < -0.39 is 0 Å². The Kier molecular flexibility index (Phi) is 2.97. The van der Waals surface area contributed by atoms with Gasteiger partial charge in [-0.25, -0.2) is 0 Å². The number of aromatic nitrogens is 2. The maximum Gasteiger partial charge on any atom is 0.106 e. The monoisotopic (exact) mass is 272 g/mol. The van der Waals surface area contributed by atoms with Crippen LogP contribution in [0, 0.1) is 0 Å². The molecule has 0 saturated carbocycles. The van der Waals surface area contributed by atoms with Crippen molar-refractivity contribution in [3.8, 4) is 0 Å². The molecule has 13 heavy (non-hydrogen) atoms. The van der Waals surface area contributed by atoms with Crippen LogP contribution < -0.4 is 0 Å². The van der Waals surface area contributed by atoms with E-state index in [1.807, 2.05) is 12.1 Å². The summed E-state index contributed by atoms with van der Waals surface area (Å²) >= 11 is 6.48. The topological polar surface area (TPSA) is 25.8 Å². The molecule has 1 heterocycles. The molecule has 0 saturated heterocycles. The van der Waals surface area contributed by atoms with Crippen molar-refractivity contribution < 1.29 is 0 Å². The predicted molar refractivity (Wildman–Crippen MR) is 58.2 cm³/mol. The van der Waals surface area contributed by atoms with Gasteiger partial charge in [-0.3, -0.25) is 0 Å². The molecule has 0 aliphatic heterocycles. The molecular formula is C8H5BrN2S2. The molecule has 0 radical (unpaired) electrons. The third-order valence-electron chi connectivity index (χ3n) is 1.37. The Labute approximate surface area is 92.7 Å². The van der Waals surface area contributed by atoms with Crippen molar-refractivity contribution >= 4 is 39.2 Å². The zero-order valence-corrected chi connectivity index (χ0v) is 9.69. The standard InChI is InChI=1S/C8H5BrN2S2/c9-6-1-3-7(4-2-6)12-8-5-10-11-13-8/h1-5H. The third kappa shape index (κ3) is 2.52. The van der Waals surface area contributed by atoms with Crippen LogP contribution in [-0.4, -0.2) is 9.59 Å². The number of halogens is 1. The van der Waals surface area contributed by atoms with Crippen LogP contribution in [0.25, 0.3) is 0 Å². The lowest BCUT2D eigenvalue weighted by Gasteiger charge is -1.96. The fourth-order valence-electron chi connectivity index (χ4n) is 0.822. The highest BCUT2D eigenvalue weighted by atomic mass is 79.9. The molecule has 5 heteroatoms. The number of nitrogens with zero attached hydrogens (tertiary/aromatic N) is 2. The molecule has 0 atom stereocenters. The first kappa shape index (κ1) is 9.18. The van der Waals surface area contributed by atoms with E-state index in [4.69, 9.17) is 0 Å². The van der Waals surface area contributed by atoms with Gasteiger partial charge >= 0.3 is 0 Å². The summed E-state index contributed by atoms with van der Waals surface area (Å²) in [6.45, 7) is 0. The molecule has 1 aromatic heterocycles. The summed E-state index contributed by atoms with van der Waals surface area (Å²) in [6, 6.07) is 8.18. The SMILES string of the molecule is Brc1ccc(Sc2cnns2)cc1. The van der Waals surface area contributed by atoms with Crippen LogP contribution in [0.1, 0.15) is 0 Å². The fraction of sp³-hybridized carbons (Fsp3) is 0. The van der Waals surface area contributed by atoms with Crippen LogP contribution >= 0.6 is 39.2 Å². The van der Waals surface area contributed by atoms with Gasteiger partial charge in [0.2, 0.25) is 0 Å². The lowest BCUT2D eigenvalue weighted by Crippen LogP contribution is -1.68. The van der Waals surface area contributed by atoms with Gasteiger partial charge in [-0.1, -0.05) is 32.2 Å². The summed E-state index contributed by atoms with van der Waals surface area (Å²) < 4.78 is 6.01. The Morgan fingerprint density at radius 3 is 2.62 bits per heavy atom. The van der Waals surface area contributed by atoms with E-state index in [2.05, 4.69) is 37.6 Å². The van der Waals surface area contributed by atoms with Crippen LogP contribution in [-0.2, 0) is 0 Å². The summed E-state index contributed by atoms with van der Waals surface area (Å²) in [7, 11) is 0. The molecule has 0 aliphatic rings. The minimum absolute atomic E-state index is 1.10. The largest absolute Gasteiger partial charge is 0.145 e. The second-order valence-electron chi connectivity index (χ2n) is 2.29. The maximum absolute atomic E-state index is 3.80. The molecule has 0 amide bonds. The molecule has 1 aromatic carbocycles. The maximum atomic E-state index is 3.80. The quantitative estimate of drug-likeness (QED) is 0.838. The van der Waals surface area contributed by atoms with Gasteiger partial charge in [0.1, 0.15) is 4.21 Å². The second kappa shape index (κ2) is 4.21. The van der Waals surface area contributed by atoms with Crippen LogP contribution in [0.2, 0.25) is 0 Å². The highest BCUT2D eigenvalue weighted by Gasteiger charge is 1.98. The van der Waals surface area contributed by atoms with E-state index in [9.17, 15) is 0 Å². The highest BCUT2D eigenvalue weighted by molar-refractivity contribution is 9.10. The molecule has 0 bridgehead atoms. The van der Waals surface area contributed by atoms with Crippen LogP contribution in [0.3, 0.4) is 0 Å². The summed E-state index contributed by atoms with van der Waals surface area (Å²) in [5.74, 6) is 0. The minimum Gasteiger partial charge on any atom is -0.145 e. The summed E-state index contributed by atoms with van der Waals surface area (Å²) in [5.41, 5.74) is 0. The molecule has 2 aromatic rings. The molecule has 2 rings (SSSR count). The third-order valence-corrected chi connectivity index (χ3v) is 3.65. The summed E-state index contributed by atoms with van der Waals surface area (Å²) in [5, 5.41) is 3.77. The summed E-state index contributed by atoms with van der Waals surface area (Å²) in [6.07, 6.45) is 1.78. The van der Waals surface area contributed by atoms with Crippen LogP contribution in [0.4, 0.5) is 0 Å². The smallest absolute Gasteiger partial charge is 0.106 e. The lowest BCUT2D eigenvalue weighted by atomic mass is 10.4. The van der Waals surface area contributed by atoms with Crippen molar-refractivity contribution in [2.45, 2.75) is 9.10 Å². The second-order valence-corrected chi connectivity index (χ2v) is 5.37. The van der Waals surface area contributed by atoms with E-state index in [0.29, 0.717) is 0 Å². The van der Waals surface area contributed by atoms with Gasteiger partial charge in [0, 0.05) is 9.37 Å². The Bertz CT molecular complexity index is 372. The Balaban J connectivity index is 2.15. The molecule has 0 spiro atoms. The molecule has 2 nitrogen and oxygen atoms in total. The van der Waals surface area contributed by atoms with Gasteiger partial charge in [-0.05, 0) is 35.8 Å². The molecule has 0 fully saturated rings. The van der Waals surface area contributed by atoms with Crippen molar-refractivity contribution in [1.82, 2.24) is 9.59 Å². The van der Waals surface area contributed by atoms with Crippen LogP contribution in [0.15, 0.2) is 44.0 Å². The van der Waals surface area contributed by atoms with Gasteiger partial charge in [0.25, 0.3) is 0 Å². The van der Waals surface area contributed by atoms with E-state index >= 15 is 0 Å². The highest BCUT2D eigenvalue weighted by Crippen LogP contribution is 2.29. The normalized spacial score (nSPS) is 10.2. The van der Waals surface area contributed by atoms with Gasteiger partial charge in [-0.15, -0.1) is 5.10 Å². The lowest BCUT2D eigenvalue weighted by molar-refractivity contribution is 1.15. The van der Waals surface area contributed by atoms with Gasteiger partial charge < -0.3 is 0 Å². The molecule has 0 aliphatic carbocycles. The van der Waals surface area contributed by atoms with Crippen molar-refractivity contribution in [1.29, 1.82) is 0 Å². The average molecular weight is 273 g/mol. The number of rotatable bonds is 2. The number of hydrogen-bond donors (Lipinski definition) is 0. The van der Waals surface area contributed by atoms with E-state index in [1.54, 1.807) is 18.0 Å². The van der Waals surface area contributed by atoms with Gasteiger partial charge in [0.05, 0.1) is 6.20 Å².